The molecule has 0 spiro atoms. The summed E-state index contributed by atoms with van der Waals surface area (Å²) in [6, 6.07) is 2.37. The Labute approximate surface area is 186 Å². The molecule has 178 valence electrons. The van der Waals surface area contributed by atoms with Gasteiger partial charge in [0.15, 0.2) is 6.61 Å². The van der Waals surface area contributed by atoms with Crippen molar-refractivity contribution in [2.45, 2.75) is 65.8 Å². The number of hydrogen-bond donors (Lipinski definition) is 1. The van der Waals surface area contributed by atoms with Crippen LogP contribution in [0.5, 0.6) is 5.75 Å². The summed E-state index contributed by atoms with van der Waals surface area (Å²) in [5, 5.41) is 2.86. The molecule has 1 amide bonds. The number of hydrogen-bond acceptors (Lipinski definition) is 5. The Hall–Kier alpha value is -2.55. The second-order valence-corrected chi connectivity index (χ2v) is 8.30. The fourth-order valence-corrected chi connectivity index (χ4v) is 3.46. The van der Waals surface area contributed by atoms with Crippen molar-refractivity contribution in [3.63, 3.8) is 0 Å². The molecule has 1 aromatic carbocycles. The Bertz CT molecular complexity index is 869. The van der Waals surface area contributed by atoms with Gasteiger partial charge in [0.1, 0.15) is 11.5 Å². The number of benzene rings is 1. The zero-order chi connectivity index (χ0) is 24.2. The first-order valence-electron chi connectivity index (χ1n) is 10.4. The van der Waals surface area contributed by atoms with Gasteiger partial charge in [-0.2, -0.15) is 13.2 Å². The Morgan fingerprint density at radius 2 is 1.75 bits per heavy atom. The highest BCUT2D eigenvalue weighted by atomic mass is 19.4. The lowest BCUT2D eigenvalue weighted by Gasteiger charge is -2.19. The molecule has 0 saturated carbocycles. The largest absolute Gasteiger partial charge is 0.484 e. The summed E-state index contributed by atoms with van der Waals surface area (Å²) in [7, 11) is 1.59. The zero-order valence-electron chi connectivity index (χ0n) is 19.2. The lowest BCUT2D eigenvalue weighted by molar-refractivity contribution is -0.153. The summed E-state index contributed by atoms with van der Waals surface area (Å²) < 4.78 is 53.3. The minimum atomic E-state index is -4.46. The number of halogens is 3. The highest BCUT2D eigenvalue weighted by molar-refractivity contribution is 6.23. The smallest absolute Gasteiger partial charge is 0.422 e. The van der Waals surface area contributed by atoms with Crippen molar-refractivity contribution in [2.24, 2.45) is 5.92 Å². The molecule has 0 saturated heterocycles. The van der Waals surface area contributed by atoms with Gasteiger partial charge in [0.25, 0.3) is 5.91 Å². The van der Waals surface area contributed by atoms with E-state index < -0.39 is 36.6 Å². The Balaban J connectivity index is 2.48. The molecule has 0 bridgehead atoms. The van der Waals surface area contributed by atoms with Crippen molar-refractivity contribution in [2.75, 3.05) is 13.7 Å². The van der Waals surface area contributed by atoms with Crippen LogP contribution >= 0.6 is 0 Å². The molecule has 0 fully saturated rings. The molecule has 1 aromatic rings. The first kappa shape index (κ1) is 25.7. The van der Waals surface area contributed by atoms with E-state index in [0.717, 1.165) is 0 Å². The van der Waals surface area contributed by atoms with Gasteiger partial charge in [-0.3, -0.25) is 9.59 Å². The summed E-state index contributed by atoms with van der Waals surface area (Å²) in [6.07, 6.45) is -3.39. The molecule has 1 heterocycles. The van der Waals surface area contributed by atoms with Crippen molar-refractivity contribution < 1.29 is 37.0 Å². The molecule has 1 aliphatic heterocycles. The number of carbonyl (C=O) groups excluding carboxylic acids is 2. The van der Waals surface area contributed by atoms with Crippen molar-refractivity contribution >= 4 is 17.4 Å². The van der Waals surface area contributed by atoms with E-state index in [1.54, 1.807) is 34.8 Å². The normalized spacial score (nSPS) is 17.6. The highest BCUT2D eigenvalue weighted by Crippen LogP contribution is 2.36. The van der Waals surface area contributed by atoms with E-state index in [-0.39, 0.29) is 23.2 Å². The van der Waals surface area contributed by atoms with Crippen molar-refractivity contribution in [3.05, 3.63) is 34.6 Å². The predicted octanol–water partition coefficient (Wildman–Crippen LogP) is 4.47. The third-order valence-electron chi connectivity index (χ3n) is 5.20. The van der Waals surface area contributed by atoms with Crippen molar-refractivity contribution in [3.8, 4) is 5.75 Å². The van der Waals surface area contributed by atoms with Crippen LogP contribution in [0.3, 0.4) is 0 Å². The Morgan fingerprint density at radius 1 is 1.16 bits per heavy atom. The van der Waals surface area contributed by atoms with E-state index in [2.05, 4.69) is 5.32 Å². The first-order chi connectivity index (χ1) is 14.8. The number of ether oxygens (including phenoxy) is 3. The zero-order valence-corrected chi connectivity index (χ0v) is 19.2. The van der Waals surface area contributed by atoms with E-state index in [1.807, 2.05) is 6.92 Å². The van der Waals surface area contributed by atoms with Gasteiger partial charge >= 0.3 is 12.1 Å². The van der Waals surface area contributed by atoms with E-state index in [1.165, 1.54) is 12.1 Å². The Kier molecular flexibility index (Phi) is 8.34. The number of nitrogens with one attached hydrogen (secondary N) is 1. The average Bonchev–Trinajstić information content (AvgIpc) is 2.98. The van der Waals surface area contributed by atoms with E-state index in [9.17, 15) is 22.8 Å². The molecule has 1 aliphatic rings. The third-order valence-corrected chi connectivity index (χ3v) is 5.20. The van der Waals surface area contributed by atoms with Gasteiger partial charge in [0, 0.05) is 7.11 Å². The van der Waals surface area contributed by atoms with Crippen molar-refractivity contribution in [1.82, 2.24) is 5.32 Å². The number of amides is 1. The average molecular weight is 457 g/mol. The summed E-state index contributed by atoms with van der Waals surface area (Å²) in [5.41, 5.74) is 1.80. The van der Waals surface area contributed by atoms with Gasteiger partial charge in [-0.25, -0.2) is 0 Å². The number of alkyl halides is 3. The number of aryl methyl sites for hydroxylation is 2. The van der Waals surface area contributed by atoms with Crippen LogP contribution < -0.4 is 10.1 Å². The predicted molar refractivity (Wildman–Crippen MR) is 113 cm³/mol. The van der Waals surface area contributed by atoms with Gasteiger partial charge in [-0.1, -0.05) is 13.8 Å². The van der Waals surface area contributed by atoms with Crippen LogP contribution in [0.2, 0.25) is 0 Å². The van der Waals surface area contributed by atoms with Crippen LogP contribution in [-0.4, -0.2) is 43.9 Å². The molecule has 6 nitrogen and oxygen atoms in total. The third kappa shape index (κ3) is 6.48. The minimum Gasteiger partial charge on any atom is -0.484 e. The number of esters is 1. The summed E-state index contributed by atoms with van der Waals surface area (Å²) >= 11 is 0. The van der Waals surface area contributed by atoms with Crippen LogP contribution in [0.1, 0.15) is 50.3 Å². The molecule has 32 heavy (non-hydrogen) atoms. The highest BCUT2D eigenvalue weighted by Gasteiger charge is 2.37. The van der Waals surface area contributed by atoms with Crippen LogP contribution in [0, 0.1) is 19.8 Å². The summed E-state index contributed by atoms with van der Waals surface area (Å²) in [4.78, 5) is 25.3. The topological polar surface area (TPSA) is 73.9 Å². The molecule has 2 atom stereocenters. The van der Waals surface area contributed by atoms with Gasteiger partial charge in [-0.15, -0.1) is 0 Å². The van der Waals surface area contributed by atoms with Crippen LogP contribution in [-0.2, 0) is 19.1 Å². The first-order valence-corrected chi connectivity index (χ1v) is 10.4. The molecular formula is C23H30F3NO5. The van der Waals surface area contributed by atoms with E-state index >= 15 is 0 Å². The van der Waals surface area contributed by atoms with Gasteiger partial charge in [-0.05, 0) is 62.4 Å². The molecule has 0 unspecified atom stereocenters. The molecule has 1 N–H and O–H groups in total. The van der Waals surface area contributed by atoms with E-state index in [0.29, 0.717) is 29.5 Å². The molecule has 0 aliphatic carbocycles. The lowest BCUT2D eigenvalue weighted by Crippen LogP contribution is -2.31. The standard InChI is InChI=1S/C23H30F3NO5/c1-12(2)22(29)32-20-17(8-7-15(5)30-6)27-21(28)19(20)18-13(3)9-16(10-14(18)4)31-11-23(24,25)26/h9-10,12,15,17H,7-8,11H2,1-6H3,(H,27,28)/t15-,17+/m0/s1. The maximum atomic E-state index is 12.9. The van der Waals surface area contributed by atoms with Crippen LogP contribution in [0.25, 0.3) is 5.57 Å². The number of carbonyl (C=O) groups is 2. The lowest BCUT2D eigenvalue weighted by atomic mass is 9.93. The Morgan fingerprint density at radius 3 is 2.25 bits per heavy atom. The second kappa shape index (κ2) is 10.4. The molecular weight excluding hydrogens is 427 g/mol. The van der Waals surface area contributed by atoms with Crippen LogP contribution in [0.15, 0.2) is 17.9 Å². The maximum Gasteiger partial charge on any atom is 0.422 e. The number of rotatable bonds is 9. The fourth-order valence-electron chi connectivity index (χ4n) is 3.46. The van der Waals surface area contributed by atoms with E-state index in [4.69, 9.17) is 14.2 Å². The second-order valence-electron chi connectivity index (χ2n) is 8.30. The fraction of sp³-hybridized carbons (Fsp3) is 0.565. The summed E-state index contributed by atoms with van der Waals surface area (Å²) in [5.74, 6) is -1.00. The minimum absolute atomic E-state index is 0.0475. The van der Waals surface area contributed by atoms with Crippen molar-refractivity contribution in [1.29, 1.82) is 0 Å². The molecule has 0 aromatic heterocycles. The molecule has 9 heteroatoms. The van der Waals surface area contributed by atoms with Gasteiger partial charge in [0.2, 0.25) is 0 Å². The van der Waals surface area contributed by atoms with Gasteiger partial charge < -0.3 is 19.5 Å². The SMILES string of the molecule is CO[C@@H](C)CC[C@H]1NC(=O)C(c2c(C)cc(OCC(F)(F)F)cc2C)=C1OC(=O)C(C)C. The van der Waals surface area contributed by atoms with Crippen LogP contribution in [0.4, 0.5) is 13.2 Å². The molecule has 2 rings (SSSR count). The molecule has 0 radical (unpaired) electrons. The maximum absolute atomic E-state index is 12.9. The van der Waals surface area contributed by atoms with Gasteiger partial charge in [0.05, 0.1) is 23.6 Å². The quantitative estimate of drug-likeness (QED) is 0.554. The monoisotopic (exact) mass is 457 g/mol. The number of methoxy groups -OCH3 is 1. The summed E-state index contributed by atoms with van der Waals surface area (Å²) in [6.45, 7) is 7.22.